The summed E-state index contributed by atoms with van der Waals surface area (Å²) in [4.78, 5) is 0. The SMILES string of the molecule is ONCc1cc2c(c(Cl)c1O)OCO2. The van der Waals surface area contributed by atoms with Crippen molar-refractivity contribution in [1.82, 2.24) is 5.48 Å². The molecule has 0 spiro atoms. The van der Waals surface area contributed by atoms with Crippen molar-refractivity contribution in [2.45, 2.75) is 6.54 Å². The zero-order valence-corrected chi connectivity index (χ0v) is 7.84. The Hall–Kier alpha value is -1.17. The molecular formula is C8H8ClNO4. The number of ether oxygens (including phenoxy) is 2. The lowest BCUT2D eigenvalue weighted by molar-refractivity contribution is 0.160. The summed E-state index contributed by atoms with van der Waals surface area (Å²) in [6, 6.07) is 1.56. The number of hydrogen-bond donors (Lipinski definition) is 3. The minimum Gasteiger partial charge on any atom is -0.506 e. The van der Waals surface area contributed by atoms with Gasteiger partial charge in [0.2, 0.25) is 6.79 Å². The summed E-state index contributed by atoms with van der Waals surface area (Å²) < 4.78 is 10.1. The predicted octanol–water partition coefficient (Wildman–Crippen LogP) is 1.25. The molecule has 0 saturated heterocycles. The molecular weight excluding hydrogens is 210 g/mol. The topological polar surface area (TPSA) is 71.0 Å². The standard InChI is InChI=1S/C8H8ClNO4/c9-6-7(11)4(2-10-12)1-5-8(6)14-3-13-5/h1,10-12H,2-3H2. The molecule has 1 aliphatic heterocycles. The van der Waals surface area contributed by atoms with Crippen LogP contribution in [0.5, 0.6) is 17.2 Å². The van der Waals surface area contributed by atoms with Crippen molar-refractivity contribution < 1.29 is 19.8 Å². The van der Waals surface area contributed by atoms with E-state index in [0.29, 0.717) is 17.1 Å². The number of nitrogens with one attached hydrogen (secondary N) is 1. The minimum absolute atomic E-state index is 0.0855. The van der Waals surface area contributed by atoms with Gasteiger partial charge in [0.25, 0.3) is 0 Å². The van der Waals surface area contributed by atoms with E-state index >= 15 is 0 Å². The molecule has 0 atom stereocenters. The molecule has 0 amide bonds. The van der Waals surface area contributed by atoms with Crippen molar-refractivity contribution in [3.05, 3.63) is 16.7 Å². The largest absolute Gasteiger partial charge is 0.506 e. The molecule has 1 heterocycles. The average molecular weight is 218 g/mol. The van der Waals surface area contributed by atoms with Gasteiger partial charge in [-0.05, 0) is 6.07 Å². The Labute approximate surface area is 84.8 Å². The maximum Gasteiger partial charge on any atom is 0.231 e. The first-order valence-corrected chi connectivity index (χ1v) is 4.28. The molecule has 0 aromatic heterocycles. The highest BCUT2D eigenvalue weighted by molar-refractivity contribution is 6.34. The Bertz CT molecular complexity index is 369. The molecule has 1 aromatic carbocycles. The van der Waals surface area contributed by atoms with Crippen molar-refractivity contribution in [3.8, 4) is 17.2 Å². The first-order valence-electron chi connectivity index (χ1n) is 3.91. The number of hydroxylamine groups is 1. The van der Waals surface area contributed by atoms with E-state index in [9.17, 15) is 5.11 Å². The van der Waals surface area contributed by atoms with Crippen molar-refractivity contribution in [2.24, 2.45) is 0 Å². The summed E-state index contributed by atoms with van der Waals surface area (Å²) in [5.74, 6) is 0.696. The number of rotatable bonds is 2. The van der Waals surface area contributed by atoms with Crippen LogP contribution in [0.1, 0.15) is 5.56 Å². The molecule has 0 unspecified atom stereocenters. The highest BCUT2D eigenvalue weighted by Crippen LogP contribution is 2.45. The highest BCUT2D eigenvalue weighted by Gasteiger charge is 2.22. The number of hydrogen-bond acceptors (Lipinski definition) is 5. The summed E-state index contributed by atoms with van der Waals surface area (Å²) in [5.41, 5.74) is 2.37. The van der Waals surface area contributed by atoms with Crippen molar-refractivity contribution in [2.75, 3.05) is 6.79 Å². The third-order valence-electron chi connectivity index (χ3n) is 1.93. The van der Waals surface area contributed by atoms with Crippen LogP contribution in [0.25, 0.3) is 0 Å². The van der Waals surface area contributed by atoms with Gasteiger partial charge in [-0.25, -0.2) is 5.48 Å². The first kappa shape index (κ1) is 9.39. The fourth-order valence-corrected chi connectivity index (χ4v) is 1.53. The number of halogens is 1. The van der Waals surface area contributed by atoms with Gasteiger partial charge in [0.05, 0.1) is 0 Å². The molecule has 14 heavy (non-hydrogen) atoms. The van der Waals surface area contributed by atoms with Crippen LogP contribution in [-0.4, -0.2) is 17.1 Å². The van der Waals surface area contributed by atoms with E-state index in [2.05, 4.69) is 0 Å². The number of aromatic hydroxyl groups is 1. The number of fused-ring (bicyclic) bond motifs is 1. The van der Waals surface area contributed by atoms with Gasteiger partial charge >= 0.3 is 0 Å². The normalized spacial score (nSPS) is 13.3. The lowest BCUT2D eigenvalue weighted by Crippen LogP contribution is -2.06. The van der Waals surface area contributed by atoms with Crippen LogP contribution in [0.3, 0.4) is 0 Å². The monoisotopic (exact) mass is 217 g/mol. The van der Waals surface area contributed by atoms with Crippen molar-refractivity contribution in [1.29, 1.82) is 0 Å². The lowest BCUT2D eigenvalue weighted by Gasteiger charge is -2.07. The number of phenols is 1. The predicted molar refractivity (Wildman–Crippen MR) is 47.9 cm³/mol. The smallest absolute Gasteiger partial charge is 0.231 e. The Morgan fingerprint density at radius 2 is 2.29 bits per heavy atom. The maximum absolute atomic E-state index is 9.57. The van der Waals surface area contributed by atoms with Gasteiger partial charge in [0, 0.05) is 12.1 Å². The molecule has 76 valence electrons. The van der Waals surface area contributed by atoms with E-state index in [4.69, 9.17) is 26.3 Å². The van der Waals surface area contributed by atoms with E-state index in [1.165, 1.54) is 0 Å². The van der Waals surface area contributed by atoms with Crippen LogP contribution in [-0.2, 0) is 6.54 Å². The Balaban J connectivity index is 2.49. The van der Waals surface area contributed by atoms with Crippen LogP contribution in [0.15, 0.2) is 6.07 Å². The average Bonchev–Trinajstić information content (AvgIpc) is 2.62. The van der Waals surface area contributed by atoms with Crippen LogP contribution in [0, 0.1) is 0 Å². The summed E-state index contributed by atoms with van der Waals surface area (Å²) in [6.07, 6.45) is 0. The van der Waals surface area contributed by atoms with Gasteiger partial charge in [-0.15, -0.1) is 0 Å². The zero-order chi connectivity index (χ0) is 10.1. The molecule has 2 rings (SSSR count). The molecule has 0 aliphatic carbocycles. The summed E-state index contributed by atoms with van der Waals surface area (Å²) in [6.45, 7) is 0.173. The third kappa shape index (κ3) is 1.35. The van der Waals surface area contributed by atoms with Gasteiger partial charge in [-0.2, -0.15) is 0 Å². The van der Waals surface area contributed by atoms with Crippen LogP contribution in [0.4, 0.5) is 0 Å². The molecule has 0 radical (unpaired) electrons. The second kappa shape index (κ2) is 3.53. The second-order valence-electron chi connectivity index (χ2n) is 2.77. The summed E-state index contributed by atoms with van der Waals surface area (Å²) >= 11 is 5.82. The van der Waals surface area contributed by atoms with E-state index < -0.39 is 0 Å². The molecule has 0 saturated carbocycles. The molecule has 1 aliphatic rings. The molecule has 5 nitrogen and oxygen atoms in total. The van der Waals surface area contributed by atoms with E-state index in [1.807, 2.05) is 5.48 Å². The lowest BCUT2D eigenvalue weighted by atomic mass is 10.2. The van der Waals surface area contributed by atoms with Gasteiger partial charge in [-0.1, -0.05) is 11.6 Å². The van der Waals surface area contributed by atoms with E-state index in [1.54, 1.807) is 6.07 Å². The summed E-state index contributed by atoms with van der Waals surface area (Å²) in [7, 11) is 0. The number of benzene rings is 1. The van der Waals surface area contributed by atoms with Crippen molar-refractivity contribution in [3.63, 3.8) is 0 Å². The maximum atomic E-state index is 9.57. The second-order valence-corrected chi connectivity index (χ2v) is 3.14. The quantitative estimate of drug-likeness (QED) is 0.651. The molecule has 6 heteroatoms. The van der Waals surface area contributed by atoms with Crippen LogP contribution < -0.4 is 15.0 Å². The van der Waals surface area contributed by atoms with Gasteiger partial charge in [0.15, 0.2) is 11.5 Å². The summed E-state index contributed by atoms with van der Waals surface area (Å²) in [5, 5.41) is 18.2. The molecule has 0 bridgehead atoms. The highest BCUT2D eigenvalue weighted by atomic mass is 35.5. The van der Waals surface area contributed by atoms with Crippen LogP contribution in [0.2, 0.25) is 5.02 Å². The molecule has 0 fully saturated rings. The van der Waals surface area contributed by atoms with Crippen molar-refractivity contribution >= 4 is 11.6 Å². The fraction of sp³-hybridized carbons (Fsp3) is 0.250. The Kier molecular flexibility index (Phi) is 2.37. The first-order chi connectivity index (χ1) is 6.74. The third-order valence-corrected chi connectivity index (χ3v) is 2.28. The van der Waals surface area contributed by atoms with E-state index in [-0.39, 0.29) is 24.1 Å². The van der Waals surface area contributed by atoms with Gasteiger partial charge in [-0.3, -0.25) is 0 Å². The number of phenolic OH excluding ortho intramolecular Hbond substituents is 1. The zero-order valence-electron chi connectivity index (χ0n) is 7.08. The Morgan fingerprint density at radius 1 is 1.50 bits per heavy atom. The van der Waals surface area contributed by atoms with Gasteiger partial charge in [0.1, 0.15) is 10.8 Å². The van der Waals surface area contributed by atoms with Crippen LogP contribution >= 0.6 is 11.6 Å². The van der Waals surface area contributed by atoms with E-state index in [0.717, 1.165) is 0 Å². The fourth-order valence-electron chi connectivity index (χ4n) is 1.26. The minimum atomic E-state index is -0.113. The Morgan fingerprint density at radius 3 is 3.00 bits per heavy atom. The molecule has 3 N–H and O–H groups in total. The van der Waals surface area contributed by atoms with Gasteiger partial charge < -0.3 is 19.8 Å². The molecule has 1 aromatic rings.